The summed E-state index contributed by atoms with van der Waals surface area (Å²) >= 11 is 0. The molecule has 0 saturated heterocycles. The highest BCUT2D eigenvalue weighted by Crippen LogP contribution is 1.95. The number of aromatic nitrogens is 2. The van der Waals surface area contributed by atoms with Crippen molar-refractivity contribution in [1.82, 2.24) is 15.5 Å². The highest BCUT2D eigenvalue weighted by atomic mass is 16.5. The fraction of sp³-hybridized carbons (Fsp3) is 0.400. The van der Waals surface area contributed by atoms with Crippen LogP contribution in [0, 0.1) is 0 Å². The molecule has 0 spiro atoms. The summed E-state index contributed by atoms with van der Waals surface area (Å²) in [5, 5.41) is 14.3. The first kappa shape index (κ1) is 7.67. The first-order valence-electron chi connectivity index (χ1n) is 2.94. The third-order valence-electron chi connectivity index (χ3n) is 0.987. The van der Waals surface area contributed by atoms with Crippen LogP contribution in [-0.4, -0.2) is 28.3 Å². The zero-order chi connectivity index (χ0) is 8.27. The Hall–Kier alpha value is -1.43. The van der Waals surface area contributed by atoms with Gasteiger partial charge in [-0.25, -0.2) is 4.79 Å². The highest BCUT2D eigenvalue weighted by Gasteiger charge is 2.11. The lowest BCUT2D eigenvalue weighted by molar-refractivity contribution is 0.0680. The van der Waals surface area contributed by atoms with E-state index in [1.807, 2.05) is 0 Å². The minimum absolute atomic E-state index is 0.268. The Morgan fingerprint density at radius 1 is 1.82 bits per heavy atom. The second kappa shape index (κ2) is 3.11. The molecule has 0 aliphatic carbocycles. The van der Waals surface area contributed by atoms with Gasteiger partial charge >= 0.3 is 5.97 Å². The van der Waals surface area contributed by atoms with E-state index in [9.17, 15) is 4.79 Å². The first-order chi connectivity index (χ1) is 5.24. The van der Waals surface area contributed by atoms with Crippen molar-refractivity contribution in [3.63, 3.8) is 0 Å². The SMILES string of the molecule is CNCc1nc(C(=O)O)no1. The van der Waals surface area contributed by atoms with Crippen LogP contribution in [0.1, 0.15) is 16.5 Å². The molecule has 0 aliphatic heterocycles. The average Bonchev–Trinajstić information content (AvgIpc) is 2.37. The van der Waals surface area contributed by atoms with Gasteiger partial charge in [0.25, 0.3) is 5.82 Å². The van der Waals surface area contributed by atoms with Crippen molar-refractivity contribution >= 4 is 5.97 Å². The topological polar surface area (TPSA) is 88.2 Å². The summed E-state index contributed by atoms with van der Waals surface area (Å²) in [6.07, 6.45) is 0. The molecular weight excluding hydrogens is 150 g/mol. The van der Waals surface area contributed by atoms with E-state index in [4.69, 9.17) is 5.11 Å². The van der Waals surface area contributed by atoms with Crippen molar-refractivity contribution in [3.05, 3.63) is 11.7 Å². The fourth-order valence-electron chi connectivity index (χ4n) is 0.565. The Morgan fingerprint density at radius 2 is 2.55 bits per heavy atom. The van der Waals surface area contributed by atoms with Gasteiger partial charge in [-0.05, 0) is 12.2 Å². The highest BCUT2D eigenvalue weighted by molar-refractivity contribution is 5.82. The molecule has 0 amide bonds. The Labute approximate surface area is 62.2 Å². The van der Waals surface area contributed by atoms with Gasteiger partial charge in [0.05, 0.1) is 6.54 Å². The summed E-state index contributed by atoms with van der Waals surface area (Å²) in [6, 6.07) is 0. The molecule has 2 N–H and O–H groups in total. The molecule has 0 aromatic carbocycles. The molecule has 0 saturated carbocycles. The van der Waals surface area contributed by atoms with Crippen molar-refractivity contribution in [1.29, 1.82) is 0 Å². The number of nitrogens with zero attached hydrogens (tertiary/aromatic N) is 2. The minimum Gasteiger partial charge on any atom is -0.475 e. The van der Waals surface area contributed by atoms with Crippen LogP contribution in [0.2, 0.25) is 0 Å². The van der Waals surface area contributed by atoms with Gasteiger partial charge < -0.3 is 14.9 Å². The second-order valence-corrected chi connectivity index (χ2v) is 1.85. The monoisotopic (exact) mass is 157 g/mol. The van der Waals surface area contributed by atoms with Crippen LogP contribution in [0.15, 0.2) is 4.52 Å². The van der Waals surface area contributed by atoms with E-state index in [1.54, 1.807) is 7.05 Å². The molecular formula is C5H7N3O3. The Balaban J connectivity index is 2.73. The van der Waals surface area contributed by atoms with Gasteiger partial charge in [-0.15, -0.1) is 0 Å². The van der Waals surface area contributed by atoms with Gasteiger partial charge in [-0.3, -0.25) is 0 Å². The summed E-state index contributed by atoms with van der Waals surface area (Å²) in [6.45, 7) is 0.375. The van der Waals surface area contributed by atoms with E-state index < -0.39 is 5.97 Å². The van der Waals surface area contributed by atoms with Crippen molar-refractivity contribution in [2.24, 2.45) is 0 Å². The molecule has 1 aromatic rings. The second-order valence-electron chi connectivity index (χ2n) is 1.85. The maximum Gasteiger partial charge on any atom is 0.377 e. The summed E-state index contributed by atoms with van der Waals surface area (Å²) in [7, 11) is 1.70. The fourth-order valence-corrected chi connectivity index (χ4v) is 0.565. The van der Waals surface area contributed by atoms with Gasteiger partial charge in [0, 0.05) is 0 Å². The number of nitrogens with one attached hydrogen (secondary N) is 1. The Bertz CT molecular complexity index is 257. The average molecular weight is 157 g/mol. The molecule has 1 rings (SSSR count). The molecule has 60 valence electrons. The number of carboxylic acid groups (broad SMARTS) is 1. The van der Waals surface area contributed by atoms with Gasteiger partial charge in [0.15, 0.2) is 0 Å². The molecule has 0 atom stereocenters. The van der Waals surface area contributed by atoms with Crippen LogP contribution in [0.3, 0.4) is 0 Å². The van der Waals surface area contributed by atoms with Gasteiger partial charge in [-0.1, -0.05) is 0 Å². The Kier molecular flexibility index (Phi) is 2.17. The van der Waals surface area contributed by atoms with Gasteiger partial charge in [0.1, 0.15) is 0 Å². The molecule has 0 fully saturated rings. The van der Waals surface area contributed by atoms with Crippen molar-refractivity contribution in [2.45, 2.75) is 6.54 Å². The third kappa shape index (κ3) is 1.74. The van der Waals surface area contributed by atoms with Crippen molar-refractivity contribution in [3.8, 4) is 0 Å². The van der Waals surface area contributed by atoms with Crippen LogP contribution in [-0.2, 0) is 6.54 Å². The van der Waals surface area contributed by atoms with Crippen molar-refractivity contribution in [2.75, 3.05) is 7.05 Å². The van der Waals surface area contributed by atoms with E-state index in [0.29, 0.717) is 6.54 Å². The number of carbonyl (C=O) groups is 1. The lowest BCUT2D eigenvalue weighted by Crippen LogP contribution is -2.06. The molecule has 1 aromatic heterocycles. The normalized spacial score (nSPS) is 9.91. The van der Waals surface area contributed by atoms with Crippen LogP contribution in [0.5, 0.6) is 0 Å². The minimum atomic E-state index is -1.18. The summed E-state index contributed by atoms with van der Waals surface area (Å²) in [5.74, 6) is -1.23. The smallest absolute Gasteiger partial charge is 0.377 e. The zero-order valence-corrected chi connectivity index (χ0v) is 5.87. The summed E-state index contributed by atoms with van der Waals surface area (Å²) < 4.78 is 4.56. The third-order valence-corrected chi connectivity index (χ3v) is 0.987. The molecule has 11 heavy (non-hydrogen) atoms. The molecule has 1 heterocycles. The number of rotatable bonds is 3. The molecule has 6 heteroatoms. The van der Waals surface area contributed by atoms with Gasteiger partial charge in [-0.2, -0.15) is 4.98 Å². The lowest BCUT2D eigenvalue weighted by Gasteiger charge is -1.85. The predicted octanol–water partition coefficient (Wildman–Crippen LogP) is -0.513. The van der Waals surface area contributed by atoms with E-state index in [-0.39, 0.29) is 11.7 Å². The van der Waals surface area contributed by atoms with E-state index in [0.717, 1.165) is 0 Å². The molecule has 0 aliphatic rings. The number of hydrogen-bond donors (Lipinski definition) is 2. The summed E-state index contributed by atoms with van der Waals surface area (Å²) in [5.41, 5.74) is 0. The van der Waals surface area contributed by atoms with Crippen molar-refractivity contribution < 1.29 is 14.4 Å². The van der Waals surface area contributed by atoms with Crippen LogP contribution in [0.4, 0.5) is 0 Å². The zero-order valence-electron chi connectivity index (χ0n) is 5.87. The maximum atomic E-state index is 10.2. The quantitative estimate of drug-likeness (QED) is 0.614. The van der Waals surface area contributed by atoms with Crippen LogP contribution < -0.4 is 5.32 Å². The standard InChI is InChI=1S/C5H7N3O3/c1-6-2-3-7-4(5(9)10)8-11-3/h6H,2H2,1H3,(H,9,10). The van der Waals surface area contributed by atoms with Gasteiger partial charge in [0.2, 0.25) is 5.89 Å². The molecule has 0 radical (unpaired) electrons. The molecule has 0 bridgehead atoms. The lowest BCUT2D eigenvalue weighted by atomic mass is 10.6. The first-order valence-corrected chi connectivity index (χ1v) is 2.94. The number of aromatic carboxylic acids is 1. The summed E-state index contributed by atoms with van der Waals surface area (Å²) in [4.78, 5) is 13.8. The maximum absolute atomic E-state index is 10.2. The Morgan fingerprint density at radius 3 is 3.00 bits per heavy atom. The molecule has 6 nitrogen and oxygen atoms in total. The number of carboxylic acids is 1. The van der Waals surface area contributed by atoms with E-state index >= 15 is 0 Å². The van der Waals surface area contributed by atoms with E-state index in [1.165, 1.54) is 0 Å². The van der Waals surface area contributed by atoms with Crippen LogP contribution >= 0.6 is 0 Å². The molecule has 0 unspecified atom stereocenters. The largest absolute Gasteiger partial charge is 0.475 e. The number of hydrogen-bond acceptors (Lipinski definition) is 5. The predicted molar refractivity (Wildman–Crippen MR) is 34.0 cm³/mol. The van der Waals surface area contributed by atoms with E-state index in [2.05, 4.69) is 20.0 Å². The van der Waals surface area contributed by atoms with Crippen LogP contribution in [0.25, 0.3) is 0 Å².